The minimum Gasteiger partial charge on any atom is -0.384 e. The Labute approximate surface area is 123 Å². The lowest BCUT2D eigenvalue weighted by molar-refractivity contribution is -0.122. The molecule has 0 aromatic heterocycles. The van der Waals surface area contributed by atoms with Gasteiger partial charge in [0, 0.05) is 5.56 Å². The molecule has 0 spiro atoms. The third-order valence-corrected chi connectivity index (χ3v) is 4.26. The van der Waals surface area contributed by atoms with E-state index in [1.54, 1.807) is 24.3 Å². The first-order valence-corrected chi connectivity index (χ1v) is 7.30. The fraction of sp³-hybridized carbons (Fsp3) is 0.412. The molecule has 3 rings (SSSR count). The van der Waals surface area contributed by atoms with E-state index in [0.717, 1.165) is 25.7 Å². The minimum atomic E-state index is -0.212. The van der Waals surface area contributed by atoms with Gasteiger partial charge in [0.2, 0.25) is 11.8 Å². The van der Waals surface area contributed by atoms with Crippen molar-refractivity contribution in [3.63, 3.8) is 0 Å². The van der Waals surface area contributed by atoms with Crippen molar-refractivity contribution >= 4 is 17.5 Å². The Morgan fingerprint density at radius 1 is 1.14 bits per heavy atom. The van der Waals surface area contributed by atoms with Crippen LogP contribution in [0.2, 0.25) is 0 Å². The van der Waals surface area contributed by atoms with Crippen molar-refractivity contribution < 1.29 is 14.7 Å². The van der Waals surface area contributed by atoms with E-state index in [1.165, 1.54) is 4.90 Å². The first-order valence-electron chi connectivity index (χ1n) is 7.30. The van der Waals surface area contributed by atoms with Gasteiger partial charge in [-0.1, -0.05) is 30.7 Å². The molecule has 1 saturated carbocycles. The third kappa shape index (κ3) is 2.45. The van der Waals surface area contributed by atoms with E-state index in [1.807, 2.05) is 0 Å². The molecule has 2 fully saturated rings. The second-order valence-electron chi connectivity index (χ2n) is 5.52. The Kier molecular flexibility index (Phi) is 3.76. The van der Waals surface area contributed by atoms with Crippen LogP contribution in [0.3, 0.4) is 0 Å². The van der Waals surface area contributed by atoms with Gasteiger partial charge in [0.25, 0.3) is 0 Å². The lowest BCUT2D eigenvalue weighted by Gasteiger charge is -2.19. The second kappa shape index (κ2) is 5.71. The molecule has 21 heavy (non-hydrogen) atoms. The molecule has 1 N–H and O–H groups in total. The van der Waals surface area contributed by atoms with Gasteiger partial charge in [-0.3, -0.25) is 14.5 Å². The molecule has 1 aliphatic heterocycles. The van der Waals surface area contributed by atoms with Gasteiger partial charge in [-0.25, -0.2) is 0 Å². The predicted molar refractivity (Wildman–Crippen MR) is 78.3 cm³/mol. The first kappa shape index (κ1) is 13.8. The topological polar surface area (TPSA) is 57.6 Å². The Hall–Kier alpha value is -2.12. The van der Waals surface area contributed by atoms with Crippen LogP contribution in [0.4, 0.5) is 5.69 Å². The smallest absolute Gasteiger partial charge is 0.237 e. The zero-order valence-electron chi connectivity index (χ0n) is 11.7. The van der Waals surface area contributed by atoms with Gasteiger partial charge >= 0.3 is 0 Å². The monoisotopic (exact) mass is 283 g/mol. The van der Waals surface area contributed by atoms with Crippen molar-refractivity contribution in [1.29, 1.82) is 0 Å². The number of fused-ring (bicyclic) bond motifs is 1. The predicted octanol–water partition coefficient (Wildman–Crippen LogP) is 1.71. The molecule has 1 aromatic rings. The molecule has 4 heteroatoms. The van der Waals surface area contributed by atoms with Crippen LogP contribution in [0.25, 0.3) is 0 Å². The number of carbonyl (C=O) groups excluding carboxylic acids is 2. The molecule has 0 bridgehead atoms. The van der Waals surface area contributed by atoms with E-state index < -0.39 is 0 Å². The van der Waals surface area contributed by atoms with Crippen LogP contribution < -0.4 is 4.90 Å². The number of hydrogen-bond donors (Lipinski definition) is 1. The highest BCUT2D eigenvalue weighted by atomic mass is 16.2. The molecular formula is C17H17NO3. The number of hydrogen-bond acceptors (Lipinski definition) is 3. The number of rotatable bonds is 1. The Bertz CT molecular complexity index is 617. The quantitative estimate of drug-likeness (QED) is 0.630. The Morgan fingerprint density at radius 3 is 2.43 bits per heavy atom. The summed E-state index contributed by atoms with van der Waals surface area (Å²) in [5.41, 5.74) is 1.28. The van der Waals surface area contributed by atoms with Crippen molar-refractivity contribution in [3.8, 4) is 11.8 Å². The molecule has 108 valence electrons. The van der Waals surface area contributed by atoms with E-state index in [9.17, 15) is 9.59 Å². The molecule has 4 nitrogen and oxygen atoms in total. The average molecular weight is 283 g/mol. The number of amides is 2. The molecule has 1 heterocycles. The summed E-state index contributed by atoms with van der Waals surface area (Å²) in [5, 5.41) is 8.74. The molecule has 2 amide bonds. The first-order chi connectivity index (χ1) is 10.2. The summed E-state index contributed by atoms with van der Waals surface area (Å²) in [7, 11) is 0. The van der Waals surface area contributed by atoms with Gasteiger partial charge in [-0.2, -0.15) is 0 Å². The summed E-state index contributed by atoms with van der Waals surface area (Å²) in [5.74, 6) is 4.95. The summed E-state index contributed by atoms with van der Waals surface area (Å²) in [6.45, 7) is -0.212. The molecule has 1 saturated heterocycles. The van der Waals surface area contributed by atoms with E-state index >= 15 is 0 Å². The number of carbonyl (C=O) groups is 2. The van der Waals surface area contributed by atoms with Crippen molar-refractivity contribution in [2.24, 2.45) is 11.8 Å². The fourth-order valence-corrected chi connectivity index (χ4v) is 3.28. The maximum absolute atomic E-state index is 12.5. The van der Waals surface area contributed by atoms with Gasteiger partial charge in [0.1, 0.15) is 6.61 Å². The van der Waals surface area contributed by atoms with Crippen molar-refractivity contribution in [2.75, 3.05) is 11.5 Å². The summed E-state index contributed by atoms with van der Waals surface area (Å²) in [6.07, 6.45) is 3.68. The number of benzene rings is 1. The van der Waals surface area contributed by atoms with Crippen LogP contribution in [0, 0.1) is 23.7 Å². The van der Waals surface area contributed by atoms with Crippen LogP contribution in [0.1, 0.15) is 31.2 Å². The minimum absolute atomic E-state index is 0.0723. The number of anilines is 1. The highest BCUT2D eigenvalue weighted by Crippen LogP contribution is 2.40. The number of aliphatic hydroxyl groups excluding tert-OH is 1. The molecule has 1 aromatic carbocycles. The zero-order chi connectivity index (χ0) is 14.8. The van der Waals surface area contributed by atoms with Gasteiger partial charge in [-0.15, -0.1) is 0 Å². The summed E-state index contributed by atoms with van der Waals surface area (Å²) in [4.78, 5) is 26.3. The highest BCUT2D eigenvalue weighted by molar-refractivity contribution is 6.22. The lowest BCUT2D eigenvalue weighted by atomic mass is 9.81. The van der Waals surface area contributed by atoms with Crippen LogP contribution in [0.15, 0.2) is 24.3 Å². The van der Waals surface area contributed by atoms with E-state index in [4.69, 9.17) is 5.11 Å². The molecule has 2 unspecified atom stereocenters. The normalized spacial score (nSPS) is 24.5. The number of nitrogens with zero attached hydrogens (tertiary/aromatic N) is 1. The summed E-state index contributed by atoms with van der Waals surface area (Å²) >= 11 is 0. The Balaban J connectivity index is 1.93. The molecule has 0 radical (unpaired) electrons. The van der Waals surface area contributed by atoms with Gasteiger partial charge in [-0.05, 0) is 31.0 Å². The standard InChI is InChI=1S/C17H17NO3/c19-10-4-6-12-5-3-7-13(11-12)18-16(20)14-8-1-2-9-15(14)17(18)21/h3,5,7,11,14-15,19H,1-2,8-10H2. The van der Waals surface area contributed by atoms with Crippen LogP contribution in [0.5, 0.6) is 0 Å². The molecule has 1 aliphatic carbocycles. The second-order valence-corrected chi connectivity index (χ2v) is 5.52. The molecule has 2 atom stereocenters. The van der Waals surface area contributed by atoms with E-state index in [0.29, 0.717) is 11.3 Å². The lowest BCUT2D eigenvalue weighted by Crippen LogP contribution is -2.30. The van der Waals surface area contributed by atoms with Crippen molar-refractivity contribution in [3.05, 3.63) is 29.8 Å². The third-order valence-electron chi connectivity index (χ3n) is 4.26. The van der Waals surface area contributed by atoms with Crippen LogP contribution >= 0.6 is 0 Å². The van der Waals surface area contributed by atoms with Gasteiger partial charge in [0.15, 0.2) is 0 Å². The summed E-state index contributed by atoms with van der Waals surface area (Å²) < 4.78 is 0. The largest absolute Gasteiger partial charge is 0.384 e. The SMILES string of the molecule is O=C1C2CCCCC2C(=O)N1c1cccc(C#CCO)c1. The van der Waals surface area contributed by atoms with E-state index in [-0.39, 0.29) is 30.3 Å². The number of aliphatic hydroxyl groups is 1. The molecular weight excluding hydrogens is 266 g/mol. The van der Waals surface area contributed by atoms with Crippen LogP contribution in [-0.2, 0) is 9.59 Å². The molecule has 2 aliphatic rings. The Morgan fingerprint density at radius 2 is 1.81 bits per heavy atom. The van der Waals surface area contributed by atoms with Gasteiger partial charge < -0.3 is 5.11 Å². The number of imide groups is 1. The van der Waals surface area contributed by atoms with Crippen molar-refractivity contribution in [1.82, 2.24) is 0 Å². The summed E-state index contributed by atoms with van der Waals surface area (Å²) in [6, 6.07) is 7.07. The maximum Gasteiger partial charge on any atom is 0.237 e. The average Bonchev–Trinajstić information content (AvgIpc) is 2.78. The van der Waals surface area contributed by atoms with Crippen LogP contribution in [-0.4, -0.2) is 23.5 Å². The van der Waals surface area contributed by atoms with E-state index in [2.05, 4.69) is 11.8 Å². The van der Waals surface area contributed by atoms with Crippen molar-refractivity contribution in [2.45, 2.75) is 25.7 Å². The fourth-order valence-electron chi connectivity index (χ4n) is 3.28. The van der Waals surface area contributed by atoms with Gasteiger partial charge in [0.05, 0.1) is 17.5 Å². The zero-order valence-corrected chi connectivity index (χ0v) is 11.7. The highest BCUT2D eigenvalue weighted by Gasteiger charge is 2.48. The maximum atomic E-state index is 12.5.